The number of halogens is 2. The van der Waals surface area contributed by atoms with Crippen LogP contribution in [0.5, 0.6) is 0 Å². The molecule has 1 unspecified atom stereocenters. The Morgan fingerprint density at radius 1 is 1.57 bits per heavy atom. The maximum absolute atomic E-state index is 14.2. The van der Waals surface area contributed by atoms with Crippen LogP contribution in [-0.4, -0.2) is 49.0 Å². The van der Waals surface area contributed by atoms with Crippen molar-refractivity contribution in [2.24, 2.45) is 0 Å². The molecule has 10 heteroatoms. The Labute approximate surface area is 127 Å². The summed E-state index contributed by atoms with van der Waals surface area (Å²) < 4.78 is 32.8. The van der Waals surface area contributed by atoms with Crippen LogP contribution < -0.4 is 0 Å². The molecule has 114 valence electrons. The highest BCUT2D eigenvalue weighted by molar-refractivity contribution is 7.72. The molecule has 0 radical (unpaired) electrons. The number of hydrogen-bond acceptors (Lipinski definition) is 6. The van der Waals surface area contributed by atoms with Crippen LogP contribution >= 0.6 is 24.4 Å². The van der Waals surface area contributed by atoms with Gasteiger partial charge in [-0.15, -0.1) is 6.42 Å². The first-order chi connectivity index (χ1) is 9.69. The topological polar surface area (TPSA) is 90.6 Å². The summed E-state index contributed by atoms with van der Waals surface area (Å²) in [6.45, 7) is -1.27. The van der Waals surface area contributed by atoms with Gasteiger partial charge in [-0.2, -0.15) is 0 Å². The molecule has 6 nitrogen and oxygen atoms in total. The van der Waals surface area contributed by atoms with Gasteiger partial charge in [0.25, 0.3) is 5.85 Å². The maximum atomic E-state index is 14.2. The molecular formula is C11H10F2N2O4S2. The minimum absolute atomic E-state index is 0.213. The predicted octanol–water partition coefficient (Wildman–Crippen LogP) is 0.326. The smallest absolute Gasteiger partial charge is 0.264 e. The molecule has 21 heavy (non-hydrogen) atoms. The molecule has 1 aliphatic rings. The summed E-state index contributed by atoms with van der Waals surface area (Å²) in [7, 11) is 0. The molecular weight excluding hydrogens is 326 g/mol. The first kappa shape index (κ1) is 16.2. The Morgan fingerprint density at radius 2 is 2.19 bits per heavy atom. The second kappa shape index (κ2) is 5.20. The quantitative estimate of drug-likeness (QED) is 0.460. The van der Waals surface area contributed by atoms with E-state index >= 15 is 0 Å². The number of rotatable bonds is 2. The zero-order valence-corrected chi connectivity index (χ0v) is 11.9. The number of nitrogens with one attached hydrogen (secondary N) is 1. The van der Waals surface area contributed by atoms with E-state index in [0.717, 1.165) is 10.8 Å². The fourth-order valence-electron chi connectivity index (χ4n) is 1.98. The third kappa shape index (κ3) is 2.32. The molecule has 4 atom stereocenters. The van der Waals surface area contributed by atoms with Crippen LogP contribution in [0.3, 0.4) is 0 Å². The summed E-state index contributed by atoms with van der Waals surface area (Å²) in [6.07, 6.45) is 1.85. The van der Waals surface area contributed by atoms with Crippen molar-refractivity contribution in [1.82, 2.24) is 9.55 Å². The van der Waals surface area contributed by atoms with Gasteiger partial charge in [-0.05, 0) is 12.2 Å². The monoisotopic (exact) mass is 336 g/mol. The van der Waals surface area contributed by atoms with E-state index in [-0.39, 0.29) is 9.41 Å². The Bertz CT molecular complexity index is 730. The van der Waals surface area contributed by atoms with E-state index in [4.69, 9.17) is 28.5 Å². The first-order valence-electron chi connectivity index (χ1n) is 5.56. The van der Waals surface area contributed by atoms with Crippen molar-refractivity contribution >= 4 is 24.4 Å². The highest BCUT2D eigenvalue weighted by atomic mass is 32.1. The average molecular weight is 336 g/mol. The third-order valence-electron chi connectivity index (χ3n) is 3.13. The lowest BCUT2D eigenvalue weighted by atomic mass is 9.94. The van der Waals surface area contributed by atoms with Crippen LogP contribution in [0.15, 0.2) is 6.20 Å². The van der Waals surface area contributed by atoms with Crippen LogP contribution in [0.4, 0.5) is 8.78 Å². The number of H-pyrrole nitrogens is 1. The number of nitrogens with zero attached hydrogens (tertiary/aromatic N) is 1. The molecule has 1 fully saturated rings. The molecule has 0 amide bonds. The molecule has 1 saturated heterocycles. The van der Waals surface area contributed by atoms with Gasteiger partial charge < -0.3 is 25.0 Å². The summed E-state index contributed by atoms with van der Waals surface area (Å²) in [5.41, 5.74) is -2.57. The Morgan fingerprint density at radius 3 is 2.71 bits per heavy atom. The van der Waals surface area contributed by atoms with Crippen molar-refractivity contribution in [1.29, 1.82) is 0 Å². The number of aromatic amines is 1. The summed E-state index contributed by atoms with van der Waals surface area (Å²) >= 11 is 9.52. The number of ether oxygens (including phenoxy) is 1. The largest absolute Gasteiger partial charge is 0.390 e. The molecule has 0 bridgehead atoms. The van der Waals surface area contributed by atoms with Gasteiger partial charge in [-0.3, -0.25) is 4.57 Å². The Balaban J connectivity index is 2.64. The molecule has 0 saturated carbocycles. The van der Waals surface area contributed by atoms with Crippen LogP contribution in [0.1, 0.15) is 6.23 Å². The number of hydrogen-bond donors (Lipinski definition) is 4. The zero-order valence-electron chi connectivity index (χ0n) is 10.3. The van der Waals surface area contributed by atoms with Crippen molar-refractivity contribution in [3.8, 4) is 12.3 Å². The highest BCUT2D eigenvalue weighted by Gasteiger charge is 2.64. The zero-order chi connectivity index (χ0) is 16.0. The fourth-order valence-corrected chi connectivity index (χ4v) is 2.45. The van der Waals surface area contributed by atoms with Gasteiger partial charge >= 0.3 is 0 Å². The summed E-state index contributed by atoms with van der Waals surface area (Å²) in [6, 6.07) is 0. The third-order valence-corrected chi connectivity index (χ3v) is 3.74. The van der Waals surface area contributed by atoms with Crippen molar-refractivity contribution in [3.63, 3.8) is 0 Å². The van der Waals surface area contributed by atoms with E-state index in [2.05, 4.69) is 17.2 Å². The van der Waals surface area contributed by atoms with E-state index in [1.165, 1.54) is 0 Å². The summed E-state index contributed by atoms with van der Waals surface area (Å²) in [5.74, 6) is -2.15. The van der Waals surface area contributed by atoms with Gasteiger partial charge in [-0.25, -0.2) is 8.78 Å². The first-order valence-corrected chi connectivity index (χ1v) is 6.38. The van der Waals surface area contributed by atoms with Gasteiger partial charge in [0, 0.05) is 6.20 Å². The van der Waals surface area contributed by atoms with Crippen molar-refractivity contribution in [2.75, 3.05) is 6.61 Å². The normalized spacial score (nSPS) is 35.6. The van der Waals surface area contributed by atoms with E-state index < -0.39 is 36.2 Å². The fraction of sp³-hybridized carbons (Fsp3) is 0.455. The van der Waals surface area contributed by atoms with E-state index in [1.54, 1.807) is 5.92 Å². The lowest BCUT2D eigenvalue weighted by Gasteiger charge is -2.26. The van der Waals surface area contributed by atoms with Gasteiger partial charge in [-0.1, -0.05) is 18.1 Å². The number of aromatic nitrogens is 2. The lowest BCUT2D eigenvalue weighted by molar-refractivity contribution is -0.207. The summed E-state index contributed by atoms with van der Waals surface area (Å²) in [5, 5.41) is 29.0. The Hall–Kier alpha value is -1.22. The number of alkyl halides is 1. The molecule has 2 rings (SSSR count). The van der Waals surface area contributed by atoms with Crippen LogP contribution in [0.2, 0.25) is 0 Å². The van der Waals surface area contributed by atoms with Gasteiger partial charge in [0.2, 0.25) is 5.60 Å². The standard InChI is InChI=1S/C11H10F2N2O4S2/c1-2-10(18)7(17)11(13,4-16)19-8(10)15-3-5(12)6(20)14-9(15)21/h1,3,7-8,16-18H,4H2,(H,14,20,21)/t7-,8-,10?,11-/m1/s1. The Kier molecular flexibility index (Phi) is 4.00. The van der Waals surface area contributed by atoms with Crippen LogP contribution in [0.25, 0.3) is 0 Å². The molecule has 4 N–H and O–H groups in total. The molecule has 0 aliphatic carbocycles. The highest BCUT2D eigenvalue weighted by Crippen LogP contribution is 2.44. The molecule has 1 aromatic rings. The molecule has 0 aromatic carbocycles. The van der Waals surface area contributed by atoms with Crippen LogP contribution in [0, 0.1) is 27.6 Å². The minimum Gasteiger partial charge on any atom is -0.390 e. The van der Waals surface area contributed by atoms with E-state index in [9.17, 15) is 19.0 Å². The van der Waals surface area contributed by atoms with Crippen molar-refractivity contribution < 1.29 is 28.8 Å². The molecule has 0 spiro atoms. The second-order valence-electron chi connectivity index (χ2n) is 4.43. The lowest BCUT2D eigenvalue weighted by Crippen LogP contribution is -2.50. The number of aliphatic hydroxyl groups is 3. The maximum Gasteiger partial charge on any atom is 0.264 e. The number of terminal acetylenes is 1. The number of aliphatic hydroxyl groups excluding tert-OH is 2. The average Bonchev–Trinajstić information content (AvgIpc) is 2.66. The minimum atomic E-state index is -3.02. The van der Waals surface area contributed by atoms with Crippen molar-refractivity contribution in [2.45, 2.75) is 23.8 Å². The van der Waals surface area contributed by atoms with Gasteiger partial charge in [0.05, 0.1) is 0 Å². The van der Waals surface area contributed by atoms with Gasteiger partial charge in [0.15, 0.2) is 22.9 Å². The predicted molar refractivity (Wildman–Crippen MR) is 71.2 cm³/mol. The van der Waals surface area contributed by atoms with E-state index in [1.807, 2.05) is 0 Å². The van der Waals surface area contributed by atoms with E-state index in [0.29, 0.717) is 0 Å². The summed E-state index contributed by atoms with van der Waals surface area (Å²) in [4.78, 5) is 2.30. The molecule has 1 aromatic heterocycles. The molecule has 1 aliphatic heterocycles. The second-order valence-corrected chi connectivity index (χ2v) is 5.23. The van der Waals surface area contributed by atoms with Crippen LogP contribution in [-0.2, 0) is 4.74 Å². The molecule has 2 heterocycles. The van der Waals surface area contributed by atoms with Crippen molar-refractivity contribution in [3.05, 3.63) is 21.4 Å². The van der Waals surface area contributed by atoms with Gasteiger partial charge in [0.1, 0.15) is 11.2 Å². The SMILES string of the molecule is C#CC1(O)[C@@H](O)[C@@](F)(CO)O[C@H]1n1cc(F)c(=S)[nH]c1=S.